The first-order valence-corrected chi connectivity index (χ1v) is 12.6. The van der Waals surface area contributed by atoms with Gasteiger partial charge in [-0.15, -0.1) is 10.2 Å². The third-order valence-electron chi connectivity index (χ3n) is 6.68. The van der Waals surface area contributed by atoms with E-state index in [9.17, 15) is 9.59 Å². The van der Waals surface area contributed by atoms with Crippen LogP contribution in [0.25, 0.3) is 11.3 Å². The molecular formula is C28H31N5O4. The van der Waals surface area contributed by atoms with Gasteiger partial charge in [-0.1, -0.05) is 36.8 Å². The van der Waals surface area contributed by atoms with E-state index in [1.54, 1.807) is 23.1 Å². The van der Waals surface area contributed by atoms with Crippen LogP contribution in [0.1, 0.15) is 29.3 Å². The third kappa shape index (κ3) is 5.50. The molecule has 5 rings (SSSR count). The first kappa shape index (κ1) is 24.5. The molecule has 0 aliphatic carbocycles. The average Bonchev–Trinajstić information content (AvgIpc) is 3.41. The number of ether oxygens (including phenoxy) is 2. The van der Waals surface area contributed by atoms with Crippen LogP contribution in [0.2, 0.25) is 0 Å². The lowest BCUT2D eigenvalue weighted by atomic mass is 10.1. The maximum atomic E-state index is 13.2. The summed E-state index contributed by atoms with van der Waals surface area (Å²) in [7, 11) is 0. The van der Waals surface area contributed by atoms with Gasteiger partial charge in [0, 0.05) is 43.9 Å². The fraction of sp³-hybridized carbons (Fsp3) is 0.357. The van der Waals surface area contributed by atoms with Crippen molar-refractivity contribution in [3.05, 3.63) is 65.7 Å². The van der Waals surface area contributed by atoms with E-state index in [0.29, 0.717) is 49.8 Å². The predicted octanol–water partition coefficient (Wildman–Crippen LogP) is 3.38. The summed E-state index contributed by atoms with van der Waals surface area (Å²) in [6.45, 7) is 7.21. The summed E-state index contributed by atoms with van der Waals surface area (Å²) in [4.78, 5) is 31.9. The minimum atomic E-state index is -0.184. The molecule has 0 saturated carbocycles. The molecule has 2 amide bonds. The SMILES string of the molecule is CCCN(CC(=O)N1CCN(c2ccc(-c3ccc(C)cc3)nn2)CC1)C(=O)c1ccc2c(c1)OCO2. The molecule has 1 aromatic heterocycles. The molecular weight excluding hydrogens is 470 g/mol. The number of carbonyl (C=O) groups excluding carboxylic acids is 2. The number of anilines is 1. The largest absolute Gasteiger partial charge is 0.454 e. The summed E-state index contributed by atoms with van der Waals surface area (Å²) in [5.74, 6) is 1.74. The molecule has 0 atom stereocenters. The van der Waals surface area contributed by atoms with Crippen molar-refractivity contribution in [2.24, 2.45) is 0 Å². The summed E-state index contributed by atoms with van der Waals surface area (Å²) in [6, 6.07) is 17.3. The van der Waals surface area contributed by atoms with E-state index in [4.69, 9.17) is 9.47 Å². The molecule has 2 aliphatic rings. The number of nitrogens with zero attached hydrogens (tertiary/aromatic N) is 5. The fourth-order valence-electron chi connectivity index (χ4n) is 4.55. The van der Waals surface area contributed by atoms with E-state index in [1.165, 1.54) is 5.56 Å². The van der Waals surface area contributed by atoms with Gasteiger partial charge in [0.25, 0.3) is 5.91 Å². The van der Waals surface area contributed by atoms with Crippen molar-refractivity contribution in [1.29, 1.82) is 0 Å². The number of benzene rings is 2. The van der Waals surface area contributed by atoms with Gasteiger partial charge >= 0.3 is 0 Å². The second kappa shape index (κ2) is 10.9. The fourth-order valence-corrected chi connectivity index (χ4v) is 4.55. The van der Waals surface area contributed by atoms with Crippen LogP contribution in [0.3, 0.4) is 0 Å². The lowest BCUT2D eigenvalue weighted by molar-refractivity contribution is -0.132. The summed E-state index contributed by atoms with van der Waals surface area (Å²) < 4.78 is 10.7. The second-order valence-corrected chi connectivity index (χ2v) is 9.31. The van der Waals surface area contributed by atoms with Gasteiger partial charge in [-0.2, -0.15) is 0 Å². The zero-order valence-electron chi connectivity index (χ0n) is 21.2. The van der Waals surface area contributed by atoms with E-state index >= 15 is 0 Å². The Hall–Kier alpha value is -4.14. The molecule has 9 heteroatoms. The van der Waals surface area contributed by atoms with Crippen LogP contribution in [-0.4, -0.2) is 77.9 Å². The van der Waals surface area contributed by atoms with Crippen LogP contribution >= 0.6 is 0 Å². The number of aryl methyl sites for hydroxylation is 1. The number of hydrogen-bond donors (Lipinski definition) is 0. The minimum Gasteiger partial charge on any atom is -0.454 e. The molecule has 37 heavy (non-hydrogen) atoms. The van der Waals surface area contributed by atoms with Gasteiger partial charge in [-0.3, -0.25) is 9.59 Å². The van der Waals surface area contributed by atoms with Gasteiger partial charge in [-0.05, 0) is 43.7 Å². The predicted molar refractivity (Wildman–Crippen MR) is 140 cm³/mol. The van der Waals surface area contributed by atoms with Crippen LogP contribution in [-0.2, 0) is 4.79 Å². The molecule has 0 bridgehead atoms. The van der Waals surface area contributed by atoms with Crippen LogP contribution in [0, 0.1) is 6.92 Å². The summed E-state index contributed by atoms with van der Waals surface area (Å²) >= 11 is 0. The van der Waals surface area contributed by atoms with Crippen molar-refractivity contribution in [1.82, 2.24) is 20.0 Å². The van der Waals surface area contributed by atoms with Crippen LogP contribution < -0.4 is 14.4 Å². The van der Waals surface area contributed by atoms with Crippen molar-refractivity contribution < 1.29 is 19.1 Å². The van der Waals surface area contributed by atoms with E-state index < -0.39 is 0 Å². The molecule has 192 valence electrons. The van der Waals surface area contributed by atoms with Gasteiger partial charge in [-0.25, -0.2) is 0 Å². The van der Waals surface area contributed by atoms with Gasteiger partial charge in [0.2, 0.25) is 12.7 Å². The van der Waals surface area contributed by atoms with Crippen LogP contribution in [0.15, 0.2) is 54.6 Å². The number of aromatic nitrogens is 2. The highest BCUT2D eigenvalue weighted by molar-refractivity contribution is 5.97. The number of rotatable bonds is 7. The molecule has 2 aliphatic heterocycles. The maximum Gasteiger partial charge on any atom is 0.254 e. The number of fused-ring (bicyclic) bond motifs is 1. The van der Waals surface area contributed by atoms with Gasteiger partial charge in [0.15, 0.2) is 17.3 Å². The Kier molecular flexibility index (Phi) is 7.20. The van der Waals surface area contributed by atoms with E-state index in [2.05, 4.69) is 34.2 Å². The molecule has 1 saturated heterocycles. The molecule has 3 heterocycles. The smallest absolute Gasteiger partial charge is 0.254 e. The van der Waals surface area contributed by atoms with Crippen molar-refractivity contribution in [2.45, 2.75) is 20.3 Å². The second-order valence-electron chi connectivity index (χ2n) is 9.31. The van der Waals surface area contributed by atoms with E-state index in [0.717, 1.165) is 23.5 Å². The molecule has 1 fully saturated rings. The summed E-state index contributed by atoms with van der Waals surface area (Å²) in [6.07, 6.45) is 0.759. The molecule has 9 nitrogen and oxygen atoms in total. The molecule has 3 aromatic rings. The Morgan fingerprint density at radius 3 is 2.38 bits per heavy atom. The Bertz CT molecular complexity index is 1250. The van der Waals surface area contributed by atoms with E-state index in [-0.39, 0.29) is 25.2 Å². The summed E-state index contributed by atoms with van der Waals surface area (Å²) in [5, 5.41) is 8.83. The number of hydrogen-bond acceptors (Lipinski definition) is 7. The molecule has 2 aromatic carbocycles. The third-order valence-corrected chi connectivity index (χ3v) is 6.68. The quantitative estimate of drug-likeness (QED) is 0.490. The summed E-state index contributed by atoms with van der Waals surface area (Å²) in [5.41, 5.74) is 3.56. The maximum absolute atomic E-state index is 13.2. The van der Waals surface area contributed by atoms with Gasteiger partial charge in [0.05, 0.1) is 5.69 Å². The Morgan fingerprint density at radius 2 is 1.68 bits per heavy atom. The van der Waals surface area contributed by atoms with E-state index in [1.807, 2.05) is 36.1 Å². The van der Waals surface area contributed by atoms with Crippen molar-refractivity contribution in [2.75, 3.05) is 51.0 Å². The molecule has 0 N–H and O–H groups in total. The zero-order valence-corrected chi connectivity index (χ0v) is 21.2. The monoisotopic (exact) mass is 501 g/mol. The number of carbonyl (C=O) groups is 2. The highest BCUT2D eigenvalue weighted by Gasteiger charge is 2.26. The van der Waals surface area contributed by atoms with Gasteiger partial charge in [0.1, 0.15) is 6.54 Å². The van der Waals surface area contributed by atoms with Crippen molar-refractivity contribution >= 4 is 17.6 Å². The Labute approximate surface area is 216 Å². The lowest BCUT2D eigenvalue weighted by Gasteiger charge is -2.36. The topological polar surface area (TPSA) is 88.1 Å². The molecule has 0 radical (unpaired) electrons. The normalized spacial score (nSPS) is 14.5. The zero-order chi connectivity index (χ0) is 25.8. The highest BCUT2D eigenvalue weighted by Crippen LogP contribution is 2.32. The Balaban J connectivity index is 1.17. The standard InChI is InChI=1S/C28H31N5O4/c1-3-12-33(28(35)22-8-10-24-25(17-22)37-19-36-24)18-27(34)32-15-13-31(14-16-32)26-11-9-23(29-30-26)21-6-4-20(2)5-7-21/h4-11,17H,3,12-16,18-19H2,1-2H3. The average molecular weight is 502 g/mol. The van der Waals surface area contributed by atoms with Gasteiger partial charge < -0.3 is 24.2 Å². The Morgan fingerprint density at radius 1 is 0.919 bits per heavy atom. The first-order chi connectivity index (χ1) is 18.0. The first-order valence-electron chi connectivity index (χ1n) is 12.6. The number of amides is 2. The minimum absolute atomic E-state index is 0.0478. The van der Waals surface area contributed by atoms with Crippen LogP contribution in [0.5, 0.6) is 11.5 Å². The van der Waals surface area contributed by atoms with Crippen molar-refractivity contribution in [3.8, 4) is 22.8 Å². The molecule has 0 spiro atoms. The molecule has 0 unspecified atom stereocenters. The lowest BCUT2D eigenvalue weighted by Crippen LogP contribution is -2.52. The van der Waals surface area contributed by atoms with Crippen molar-refractivity contribution in [3.63, 3.8) is 0 Å². The number of piperazine rings is 1. The van der Waals surface area contributed by atoms with Crippen LogP contribution in [0.4, 0.5) is 5.82 Å². The highest BCUT2D eigenvalue weighted by atomic mass is 16.7.